The second kappa shape index (κ2) is 7.46. The van der Waals surface area contributed by atoms with Crippen molar-refractivity contribution in [2.75, 3.05) is 38.5 Å². The number of rotatable bonds is 4. The maximum atomic E-state index is 12.9. The zero-order valence-corrected chi connectivity index (χ0v) is 15.1. The van der Waals surface area contributed by atoms with Gasteiger partial charge in [0.25, 0.3) is 5.91 Å². The van der Waals surface area contributed by atoms with Gasteiger partial charge in [-0.05, 0) is 42.5 Å². The van der Waals surface area contributed by atoms with Crippen molar-refractivity contribution in [3.63, 3.8) is 0 Å². The van der Waals surface area contributed by atoms with Crippen molar-refractivity contribution in [2.45, 2.75) is 19.3 Å². The van der Waals surface area contributed by atoms with Gasteiger partial charge in [-0.2, -0.15) is 0 Å². The Balaban J connectivity index is 1.41. The molecular formula is C21H26N4O. The molecule has 1 aromatic carbocycles. The quantitative estimate of drug-likeness (QED) is 0.921. The number of nitrogen functional groups attached to an aromatic ring is 1. The van der Waals surface area contributed by atoms with Crippen LogP contribution in [-0.4, -0.2) is 53.4 Å². The average molecular weight is 350 g/mol. The summed E-state index contributed by atoms with van der Waals surface area (Å²) >= 11 is 0. The molecule has 0 atom stereocenters. The zero-order valence-electron chi connectivity index (χ0n) is 15.1. The highest BCUT2D eigenvalue weighted by atomic mass is 16.2. The lowest BCUT2D eigenvalue weighted by Gasteiger charge is -2.38. The fourth-order valence-corrected chi connectivity index (χ4v) is 3.80. The number of hydrogen-bond donors (Lipinski definition) is 1. The highest BCUT2D eigenvalue weighted by molar-refractivity contribution is 5.95. The van der Waals surface area contributed by atoms with Gasteiger partial charge in [0, 0.05) is 56.2 Å². The predicted molar refractivity (Wildman–Crippen MR) is 104 cm³/mol. The Hall–Kier alpha value is -2.40. The van der Waals surface area contributed by atoms with Gasteiger partial charge >= 0.3 is 0 Å². The van der Waals surface area contributed by atoms with E-state index in [1.165, 1.54) is 25.8 Å². The van der Waals surface area contributed by atoms with E-state index in [9.17, 15) is 4.79 Å². The molecule has 0 bridgehead atoms. The molecule has 0 spiro atoms. The van der Waals surface area contributed by atoms with Gasteiger partial charge in [-0.1, -0.05) is 18.6 Å². The first-order valence-corrected chi connectivity index (χ1v) is 9.51. The summed E-state index contributed by atoms with van der Waals surface area (Å²) in [5, 5.41) is 0. The SMILES string of the molecule is Nc1cncc(-c2cccc(C(=O)N3CCN(CC4CCC4)CC3)c2)c1. The van der Waals surface area contributed by atoms with Crippen LogP contribution in [0.1, 0.15) is 29.6 Å². The van der Waals surface area contributed by atoms with Crippen molar-refractivity contribution in [3.05, 3.63) is 48.3 Å². The first-order valence-electron chi connectivity index (χ1n) is 9.51. The summed E-state index contributed by atoms with van der Waals surface area (Å²) in [5.41, 5.74) is 9.10. The van der Waals surface area contributed by atoms with E-state index in [1.807, 2.05) is 35.2 Å². The lowest BCUT2D eigenvalue weighted by atomic mass is 9.85. The maximum absolute atomic E-state index is 12.9. The molecule has 4 rings (SSSR count). The van der Waals surface area contributed by atoms with Gasteiger partial charge in [-0.15, -0.1) is 0 Å². The summed E-state index contributed by atoms with van der Waals surface area (Å²) in [5.74, 6) is 1.01. The summed E-state index contributed by atoms with van der Waals surface area (Å²) in [7, 11) is 0. The number of piperazine rings is 1. The van der Waals surface area contributed by atoms with E-state index in [0.29, 0.717) is 5.69 Å². The van der Waals surface area contributed by atoms with Crippen molar-refractivity contribution in [1.82, 2.24) is 14.8 Å². The Morgan fingerprint density at radius 2 is 1.88 bits per heavy atom. The number of hydrogen-bond acceptors (Lipinski definition) is 4. The summed E-state index contributed by atoms with van der Waals surface area (Å²) in [4.78, 5) is 21.6. The number of aromatic nitrogens is 1. The number of amides is 1. The summed E-state index contributed by atoms with van der Waals surface area (Å²) in [6.07, 6.45) is 7.55. The van der Waals surface area contributed by atoms with Crippen LogP contribution in [-0.2, 0) is 0 Å². The van der Waals surface area contributed by atoms with Crippen molar-refractivity contribution in [1.29, 1.82) is 0 Å². The number of pyridine rings is 1. The van der Waals surface area contributed by atoms with Gasteiger partial charge in [0.2, 0.25) is 0 Å². The molecule has 0 unspecified atom stereocenters. The van der Waals surface area contributed by atoms with Gasteiger partial charge < -0.3 is 10.6 Å². The van der Waals surface area contributed by atoms with E-state index in [-0.39, 0.29) is 5.91 Å². The van der Waals surface area contributed by atoms with Crippen molar-refractivity contribution >= 4 is 11.6 Å². The molecule has 0 radical (unpaired) electrons. The van der Waals surface area contributed by atoms with Gasteiger partial charge in [0.05, 0.1) is 5.69 Å². The molecule has 5 heteroatoms. The van der Waals surface area contributed by atoms with Gasteiger partial charge in [0.1, 0.15) is 0 Å². The Morgan fingerprint density at radius 3 is 2.58 bits per heavy atom. The molecule has 1 amide bonds. The normalized spacial score (nSPS) is 18.5. The highest BCUT2D eigenvalue weighted by Gasteiger charge is 2.26. The second-order valence-electron chi connectivity index (χ2n) is 7.48. The number of benzene rings is 1. The fraction of sp³-hybridized carbons (Fsp3) is 0.429. The van der Waals surface area contributed by atoms with Crippen LogP contribution in [0.3, 0.4) is 0 Å². The molecule has 2 N–H and O–H groups in total. The van der Waals surface area contributed by atoms with Gasteiger partial charge in [0.15, 0.2) is 0 Å². The predicted octanol–water partition coefficient (Wildman–Crippen LogP) is 2.89. The van der Waals surface area contributed by atoms with Crippen molar-refractivity contribution in [3.8, 4) is 11.1 Å². The molecule has 26 heavy (non-hydrogen) atoms. The minimum absolute atomic E-state index is 0.118. The average Bonchev–Trinajstić information content (AvgIpc) is 2.65. The first-order chi connectivity index (χ1) is 12.7. The van der Waals surface area contributed by atoms with E-state index in [2.05, 4.69) is 9.88 Å². The monoisotopic (exact) mass is 350 g/mol. The standard InChI is InChI=1S/C21H26N4O/c22-20-12-19(13-23-14-20)17-5-2-6-18(11-17)21(26)25-9-7-24(8-10-25)15-16-3-1-4-16/h2,5-6,11-14,16H,1,3-4,7-10,15,22H2. The van der Waals surface area contributed by atoms with Crippen LogP contribution in [0.4, 0.5) is 5.69 Å². The van der Waals surface area contributed by atoms with Crippen LogP contribution in [0.2, 0.25) is 0 Å². The molecule has 2 aromatic rings. The molecule has 1 saturated carbocycles. The fourth-order valence-electron chi connectivity index (χ4n) is 3.80. The third-order valence-electron chi connectivity index (χ3n) is 5.60. The van der Waals surface area contributed by atoms with Gasteiger partial charge in [-0.3, -0.25) is 14.7 Å². The smallest absolute Gasteiger partial charge is 0.253 e. The molecule has 1 aliphatic heterocycles. The number of anilines is 1. The van der Waals surface area contributed by atoms with E-state index in [1.54, 1.807) is 12.4 Å². The van der Waals surface area contributed by atoms with E-state index in [0.717, 1.165) is 48.8 Å². The van der Waals surface area contributed by atoms with Crippen LogP contribution in [0.5, 0.6) is 0 Å². The number of nitrogens with two attached hydrogens (primary N) is 1. The summed E-state index contributed by atoms with van der Waals surface area (Å²) in [6, 6.07) is 9.64. The molecule has 2 heterocycles. The third-order valence-corrected chi connectivity index (χ3v) is 5.60. The topological polar surface area (TPSA) is 62.5 Å². The molecule has 2 aliphatic rings. The molecule has 2 fully saturated rings. The molecule has 1 aliphatic carbocycles. The Kier molecular flexibility index (Phi) is 4.89. The molecule has 1 saturated heterocycles. The highest BCUT2D eigenvalue weighted by Crippen LogP contribution is 2.27. The number of carbonyl (C=O) groups excluding carboxylic acids is 1. The summed E-state index contributed by atoms with van der Waals surface area (Å²) < 4.78 is 0. The van der Waals surface area contributed by atoms with Crippen LogP contribution in [0, 0.1) is 5.92 Å². The van der Waals surface area contributed by atoms with Crippen LogP contribution < -0.4 is 5.73 Å². The van der Waals surface area contributed by atoms with Crippen LogP contribution >= 0.6 is 0 Å². The first kappa shape index (κ1) is 17.0. The Bertz CT molecular complexity index is 779. The minimum Gasteiger partial charge on any atom is -0.397 e. The molecular weight excluding hydrogens is 324 g/mol. The van der Waals surface area contributed by atoms with Gasteiger partial charge in [-0.25, -0.2) is 0 Å². The van der Waals surface area contributed by atoms with Crippen molar-refractivity contribution < 1.29 is 4.79 Å². The molecule has 136 valence electrons. The largest absolute Gasteiger partial charge is 0.397 e. The second-order valence-corrected chi connectivity index (χ2v) is 7.48. The Morgan fingerprint density at radius 1 is 1.08 bits per heavy atom. The zero-order chi connectivity index (χ0) is 17.9. The molecule has 1 aromatic heterocycles. The minimum atomic E-state index is 0.118. The number of carbonyl (C=O) groups is 1. The van der Waals surface area contributed by atoms with E-state index < -0.39 is 0 Å². The third kappa shape index (κ3) is 3.73. The Labute approximate surface area is 154 Å². The van der Waals surface area contributed by atoms with E-state index in [4.69, 9.17) is 5.73 Å². The van der Waals surface area contributed by atoms with E-state index >= 15 is 0 Å². The maximum Gasteiger partial charge on any atom is 0.253 e. The summed E-state index contributed by atoms with van der Waals surface area (Å²) in [6.45, 7) is 4.81. The lowest BCUT2D eigenvalue weighted by molar-refractivity contribution is 0.0591. The number of nitrogens with zero attached hydrogens (tertiary/aromatic N) is 3. The van der Waals surface area contributed by atoms with Crippen molar-refractivity contribution in [2.24, 2.45) is 5.92 Å². The lowest BCUT2D eigenvalue weighted by Crippen LogP contribution is -2.50. The van der Waals surface area contributed by atoms with Crippen LogP contribution in [0.25, 0.3) is 11.1 Å². The van der Waals surface area contributed by atoms with Crippen LogP contribution in [0.15, 0.2) is 42.7 Å². The molecule has 5 nitrogen and oxygen atoms in total.